The van der Waals surface area contributed by atoms with Crippen LogP contribution in [0.15, 0.2) is 28.8 Å². The van der Waals surface area contributed by atoms with Gasteiger partial charge < -0.3 is 19.9 Å². The molecule has 136 valence electrons. The summed E-state index contributed by atoms with van der Waals surface area (Å²) in [5, 5.41) is 9.97. The molecule has 0 aliphatic carbocycles. The first-order valence-electron chi connectivity index (χ1n) is 8.57. The number of carbonyl (C=O) groups is 1. The molecule has 0 radical (unpaired) electrons. The first-order chi connectivity index (χ1) is 11.9. The average molecular weight is 345 g/mol. The molecule has 25 heavy (non-hydrogen) atoms. The summed E-state index contributed by atoms with van der Waals surface area (Å²) in [6.07, 6.45) is 1.49. The largest absolute Gasteiger partial charge is 0.497 e. The highest BCUT2D eigenvalue weighted by Gasteiger charge is 2.17. The zero-order valence-electron chi connectivity index (χ0n) is 15.6. The predicted molar refractivity (Wildman–Crippen MR) is 96.8 cm³/mol. The van der Waals surface area contributed by atoms with E-state index in [-0.39, 0.29) is 18.1 Å². The molecule has 0 aliphatic heterocycles. The number of methoxy groups -OCH3 is 1. The van der Waals surface area contributed by atoms with Crippen molar-refractivity contribution in [2.75, 3.05) is 7.11 Å². The van der Waals surface area contributed by atoms with Crippen molar-refractivity contribution >= 4 is 6.03 Å². The topological polar surface area (TPSA) is 76.4 Å². The number of aromatic nitrogens is 1. The fourth-order valence-electron chi connectivity index (χ4n) is 2.83. The van der Waals surface area contributed by atoms with Gasteiger partial charge in [0, 0.05) is 11.6 Å². The number of carbonyl (C=O) groups excluding carboxylic acids is 1. The van der Waals surface area contributed by atoms with Crippen LogP contribution in [0.2, 0.25) is 0 Å². The molecule has 2 N–H and O–H groups in total. The van der Waals surface area contributed by atoms with Gasteiger partial charge in [-0.1, -0.05) is 24.2 Å². The van der Waals surface area contributed by atoms with Crippen LogP contribution in [-0.4, -0.2) is 24.3 Å². The summed E-state index contributed by atoms with van der Waals surface area (Å²) >= 11 is 0. The van der Waals surface area contributed by atoms with Gasteiger partial charge in [0.15, 0.2) is 0 Å². The van der Waals surface area contributed by atoms with Gasteiger partial charge in [0.05, 0.1) is 18.8 Å². The van der Waals surface area contributed by atoms with Crippen molar-refractivity contribution in [1.82, 2.24) is 15.8 Å². The molecule has 0 spiro atoms. The second-order valence-corrected chi connectivity index (χ2v) is 6.26. The van der Waals surface area contributed by atoms with E-state index in [9.17, 15) is 4.79 Å². The third kappa shape index (κ3) is 4.98. The number of nitrogens with one attached hydrogen (secondary N) is 2. The quantitative estimate of drug-likeness (QED) is 0.802. The van der Waals surface area contributed by atoms with E-state index in [0.29, 0.717) is 6.42 Å². The lowest BCUT2D eigenvalue weighted by Crippen LogP contribution is -2.43. The second kappa shape index (κ2) is 8.55. The Hall–Kier alpha value is -2.50. The fraction of sp³-hybridized carbons (Fsp3) is 0.474. The summed E-state index contributed by atoms with van der Waals surface area (Å²) < 4.78 is 10.3. The number of hydrogen-bond acceptors (Lipinski definition) is 4. The third-order valence-electron chi connectivity index (χ3n) is 4.30. The predicted octanol–water partition coefficient (Wildman–Crippen LogP) is 3.68. The Balaban J connectivity index is 1.92. The van der Waals surface area contributed by atoms with Crippen molar-refractivity contribution < 1.29 is 14.1 Å². The van der Waals surface area contributed by atoms with E-state index in [1.807, 2.05) is 52.0 Å². The van der Waals surface area contributed by atoms with Gasteiger partial charge in [-0.05, 0) is 51.3 Å². The number of urea groups is 1. The van der Waals surface area contributed by atoms with Crippen LogP contribution < -0.4 is 15.4 Å². The molecule has 6 heteroatoms. The molecule has 6 nitrogen and oxygen atoms in total. The van der Waals surface area contributed by atoms with Crippen LogP contribution in [0, 0.1) is 13.8 Å². The normalized spacial score (nSPS) is 13.2. The Bertz CT molecular complexity index is 675. The Kier molecular flexibility index (Phi) is 6.44. The number of nitrogens with zero attached hydrogens (tertiary/aromatic N) is 1. The molecule has 1 heterocycles. The number of ether oxygens (including phenoxy) is 1. The molecule has 1 aromatic heterocycles. The summed E-state index contributed by atoms with van der Waals surface area (Å²) in [6, 6.07) is 7.50. The molecule has 2 unspecified atom stereocenters. The van der Waals surface area contributed by atoms with Crippen LogP contribution in [0.4, 0.5) is 4.79 Å². The van der Waals surface area contributed by atoms with Gasteiger partial charge in [-0.15, -0.1) is 0 Å². The van der Waals surface area contributed by atoms with Crippen molar-refractivity contribution in [2.24, 2.45) is 0 Å². The first kappa shape index (κ1) is 18.8. The van der Waals surface area contributed by atoms with E-state index in [0.717, 1.165) is 34.8 Å². The van der Waals surface area contributed by atoms with E-state index in [2.05, 4.69) is 15.8 Å². The summed E-state index contributed by atoms with van der Waals surface area (Å²) in [7, 11) is 1.64. The van der Waals surface area contributed by atoms with Crippen LogP contribution in [0.1, 0.15) is 48.9 Å². The first-order valence-corrected chi connectivity index (χ1v) is 8.57. The van der Waals surface area contributed by atoms with E-state index in [1.165, 1.54) is 0 Å². The van der Waals surface area contributed by atoms with Gasteiger partial charge >= 0.3 is 6.03 Å². The lowest BCUT2D eigenvalue weighted by Gasteiger charge is -2.20. The zero-order valence-corrected chi connectivity index (χ0v) is 15.6. The van der Waals surface area contributed by atoms with E-state index in [4.69, 9.17) is 9.26 Å². The smallest absolute Gasteiger partial charge is 0.315 e. The van der Waals surface area contributed by atoms with Crippen LogP contribution in [0.5, 0.6) is 5.75 Å². The minimum atomic E-state index is -0.179. The van der Waals surface area contributed by atoms with Crippen LogP contribution in [0.25, 0.3) is 0 Å². The van der Waals surface area contributed by atoms with Crippen molar-refractivity contribution in [2.45, 2.75) is 52.6 Å². The van der Waals surface area contributed by atoms with Crippen molar-refractivity contribution in [1.29, 1.82) is 0 Å². The molecular formula is C19H27N3O3. The molecule has 0 saturated carbocycles. The molecule has 0 aliphatic rings. The Morgan fingerprint density at radius 2 is 1.92 bits per heavy atom. The van der Waals surface area contributed by atoms with Crippen LogP contribution in [-0.2, 0) is 6.42 Å². The van der Waals surface area contributed by atoms with Crippen molar-refractivity contribution in [3.8, 4) is 5.75 Å². The maximum absolute atomic E-state index is 12.3. The van der Waals surface area contributed by atoms with E-state index >= 15 is 0 Å². The van der Waals surface area contributed by atoms with Gasteiger partial charge in [0.25, 0.3) is 0 Å². The fourth-order valence-corrected chi connectivity index (χ4v) is 2.83. The minimum Gasteiger partial charge on any atom is -0.497 e. The Labute approximate surface area is 148 Å². The molecule has 0 saturated heterocycles. The lowest BCUT2D eigenvalue weighted by atomic mass is 10.0. The number of amides is 2. The summed E-state index contributed by atoms with van der Waals surface area (Å²) in [6.45, 7) is 7.82. The highest BCUT2D eigenvalue weighted by atomic mass is 16.5. The molecule has 0 bridgehead atoms. The van der Waals surface area contributed by atoms with Gasteiger partial charge in [0.2, 0.25) is 0 Å². The highest BCUT2D eigenvalue weighted by molar-refractivity contribution is 5.74. The maximum atomic E-state index is 12.3. The molecule has 2 amide bonds. The van der Waals surface area contributed by atoms with E-state index < -0.39 is 0 Å². The molecule has 1 aromatic carbocycles. The molecule has 2 rings (SSSR count). The standard InChI is InChI=1S/C19H27N3O3/c1-6-18(15-7-9-16(24-5)10-8-15)21-19(23)20-12(2)11-17-13(3)22-25-14(17)4/h7-10,12,18H,6,11H2,1-5H3,(H2,20,21,23). The van der Waals surface area contributed by atoms with Crippen molar-refractivity contribution in [3.05, 3.63) is 46.8 Å². The Morgan fingerprint density at radius 3 is 2.44 bits per heavy atom. The monoisotopic (exact) mass is 345 g/mol. The summed E-state index contributed by atoms with van der Waals surface area (Å²) in [5.41, 5.74) is 2.98. The minimum absolute atomic E-state index is 0.0230. The highest BCUT2D eigenvalue weighted by Crippen LogP contribution is 2.20. The molecule has 2 aromatic rings. The van der Waals surface area contributed by atoms with E-state index in [1.54, 1.807) is 7.11 Å². The van der Waals surface area contributed by atoms with Gasteiger partial charge in [-0.3, -0.25) is 0 Å². The lowest BCUT2D eigenvalue weighted by molar-refractivity contribution is 0.233. The number of hydrogen-bond donors (Lipinski definition) is 2. The maximum Gasteiger partial charge on any atom is 0.315 e. The SMILES string of the molecule is CCC(NC(=O)NC(C)Cc1c(C)noc1C)c1ccc(OC)cc1. The average Bonchev–Trinajstić information content (AvgIpc) is 2.91. The van der Waals surface area contributed by atoms with Gasteiger partial charge in [-0.25, -0.2) is 4.79 Å². The molecular weight excluding hydrogens is 318 g/mol. The van der Waals surface area contributed by atoms with Gasteiger partial charge in [-0.2, -0.15) is 0 Å². The van der Waals surface area contributed by atoms with Crippen LogP contribution in [0.3, 0.4) is 0 Å². The van der Waals surface area contributed by atoms with Crippen molar-refractivity contribution in [3.63, 3.8) is 0 Å². The van der Waals surface area contributed by atoms with Crippen LogP contribution >= 0.6 is 0 Å². The molecule has 2 atom stereocenters. The Morgan fingerprint density at radius 1 is 1.24 bits per heavy atom. The number of rotatable bonds is 7. The zero-order chi connectivity index (χ0) is 18.4. The van der Waals surface area contributed by atoms with Gasteiger partial charge in [0.1, 0.15) is 11.5 Å². The molecule has 0 fully saturated rings. The second-order valence-electron chi connectivity index (χ2n) is 6.26. The summed E-state index contributed by atoms with van der Waals surface area (Å²) in [5.74, 6) is 1.60. The number of aryl methyl sites for hydroxylation is 2. The summed E-state index contributed by atoms with van der Waals surface area (Å²) in [4.78, 5) is 12.3. The number of benzene rings is 1. The third-order valence-corrected chi connectivity index (χ3v) is 4.30.